The first-order valence-corrected chi connectivity index (χ1v) is 18.5. The number of hydrogen-bond donors (Lipinski definition) is 2. The minimum Gasteiger partial charge on any atom is -0.505 e. The van der Waals surface area contributed by atoms with E-state index < -0.39 is 35.7 Å². The summed E-state index contributed by atoms with van der Waals surface area (Å²) < 4.78 is 79.7. The summed E-state index contributed by atoms with van der Waals surface area (Å²) in [6.45, 7) is 5.92. The number of unbranched alkanes of at least 4 members (excludes halogenated alkanes) is 5. The van der Waals surface area contributed by atoms with E-state index >= 15 is 4.39 Å². The second kappa shape index (κ2) is 14.4. The molecule has 1 aromatic rings. The third-order valence-corrected chi connectivity index (χ3v) is 13.5. The van der Waals surface area contributed by atoms with Crippen LogP contribution in [0.2, 0.25) is 10.0 Å². The second-order valence-electron chi connectivity index (χ2n) is 15.5. The van der Waals surface area contributed by atoms with Gasteiger partial charge in [0.25, 0.3) is 0 Å². The number of benzene rings is 1. The number of halogens is 8. The fourth-order valence-corrected chi connectivity index (χ4v) is 10.5. The number of phenols is 1. The summed E-state index contributed by atoms with van der Waals surface area (Å²) in [6.07, 6.45) is 3.54. The van der Waals surface area contributed by atoms with Crippen LogP contribution in [0.5, 0.6) is 5.75 Å². The summed E-state index contributed by atoms with van der Waals surface area (Å²) >= 11 is 13.0. The van der Waals surface area contributed by atoms with Crippen LogP contribution in [0.4, 0.5) is 26.3 Å². The standard InChI is InChI=1S/C36H51Cl2F6NO2/c1-33-21-28(39)30-24-20-27(37)32(46)31(38)25(24)19-22(29(30)26(33)14-16-34(33,2)47)11-6-5-9-17-45-18-10-13-23(45)12-7-3-4-8-15-35(40,41)36(42,43)44/h20,22-23,26,28-30,46-47H,3-19,21H2,1-2H3/t22?,23-,26+,28+,29+,30+,33+,34-/m1/s1. The van der Waals surface area contributed by atoms with Crippen LogP contribution < -0.4 is 0 Å². The van der Waals surface area contributed by atoms with E-state index in [4.69, 9.17) is 23.2 Å². The largest absolute Gasteiger partial charge is 0.505 e. The Hall–Kier alpha value is -0.900. The Morgan fingerprint density at radius 3 is 2.36 bits per heavy atom. The van der Waals surface area contributed by atoms with Gasteiger partial charge in [0.2, 0.25) is 0 Å². The van der Waals surface area contributed by atoms with Crippen molar-refractivity contribution in [1.82, 2.24) is 4.90 Å². The molecule has 1 unspecified atom stereocenters. The summed E-state index contributed by atoms with van der Waals surface area (Å²) in [4.78, 5) is 2.50. The van der Waals surface area contributed by atoms with Gasteiger partial charge in [0.15, 0.2) is 5.75 Å². The molecule has 1 saturated heterocycles. The Balaban J connectivity index is 1.13. The highest BCUT2D eigenvalue weighted by Crippen LogP contribution is 2.67. The first kappa shape index (κ1) is 37.4. The van der Waals surface area contributed by atoms with Crippen molar-refractivity contribution >= 4 is 23.2 Å². The van der Waals surface area contributed by atoms with Crippen molar-refractivity contribution in [2.75, 3.05) is 13.1 Å². The minimum absolute atomic E-state index is 0.0598. The number of fused-ring (bicyclic) bond motifs is 5. The zero-order chi connectivity index (χ0) is 34.4. The van der Waals surface area contributed by atoms with E-state index in [2.05, 4.69) is 11.8 Å². The van der Waals surface area contributed by atoms with Crippen LogP contribution in [-0.4, -0.2) is 58.1 Å². The summed E-state index contributed by atoms with van der Waals surface area (Å²) in [6, 6.07) is 2.15. The SMILES string of the molecule is C[C@]12C[C@H](F)[C@@H]3c4cc(Cl)c(O)c(Cl)c4CC(CCCCCN4CCC[C@H]4CCCCCCC(F)(F)C(F)(F)F)[C@H]3[C@@H]1CC[C@@]2(C)O. The highest BCUT2D eigenvalue weighted by molar-refractivity contribution is 6.37. The third kappa shape index (κ3) is 7.44. The Morgan fingerprint density at radius 1 is 0.957 bits per heavy atom. The van der Waals surface area contributed by atoms with Gasteiger partial charge in [0.1, 0.15) is 6.17 Å². The molecule has 3 fully saturated rings. The smallest absolute Gasteiger partial charge is 0.453 e. The molecular formula is C36H51Cl2F6NO2. The van der Waals surface area contributed by atoms with Crippen LogP contribution >= 0.6 is 23.2 Å². The van der Waals surface area contributed by atoms with Crippen molar-refractivity contribution < 1.29 is 36.6 Å². The van der Waals surface area contributed by atoms with Crippen LogP contribution in [0.1, 0.15) is 127 Å². The molecule has 1 aliphatic heterocycles. The fourth-order valence-electron chi connectivity index (χ4n) is 9.98. The van der Waals surface area contributed by atoms with E-state index in [-0.39, 0.29) is 45.9 Å². The van der Waals surface area contributed by atoms with Crippen molar-refractivity contribution in [2.24, 2.45) is 23.2 Å². The van der Waals surface area contributed by atoms with Crippen LogP contribution in [0.3, 0.4) is 0 Å². The van der Waals surface area contributed by atoms with Gasteiger partial charge >= 0.3 is 12.1 Å². The van der Waals surface area contributed by atoms with E-state index in [1.807, 2.05) is 6.92 Å². The van der Waals surface area contributed by atoms with Crippen LogP contribution in [0.25, 0.3) is 0 Å². The fraction of sp³-hybridized carbons (Fsp3) is 0.833. The van der Waals surface area contributed by atoms with E-state index in [1.165, 1.54) is 0 Å². The molecule has 8 atom stereocenters. The van der Waals surface area contributed by atoms with Gasteiger partial charge < -0.3 is 15.1 Å². The maximum Gasteiger partial charge on any atom is 0.453 e. The zero-order valence-electron chi connectivity index (χ0n) is 27.6. The average molecular weight is 715 g/mol. The van der Waals surface area contributed by atoms with Gasteiger partial charge in [-0.05, 0) is 119 Å². The lowest BCUT2D eigenvalue weighted by molar-refractivity contribution is -0.284. The molecule has 0 aromatic heterocycles. The molecule has 2 N–H and O–H groups in total. The van der Waals surface area contributed by atoms with Crippen molar-refractivity contribution in [3.63, 3.8) is 0 Å². The zero-order valence-corrected chi connectivity index (χ0v) is 29.1. The first-order valence-electron chi connectivity index (χ1n) is 17.7. The minimum atomic E-state index is -5.47. The lowest BCUT2D eigenvalue weighted by Crippen LogP contribution is -2.55. The van der Waals surface area contributed by atoms with E-state index in [9.17, 15) is 32.2 Å². The molecule has 268 valence electrons. The number of alkyl halides is 6. The topological polar surface area (TPSA) is 43.7 Å². The monoisotopic (exact) mass is 713 g/mol. The molecule has 47 heavy (non-hydrogen) atoms. The number of rotatable bonds is 13. The molecular weight excluding hydrogens is 663 g/mol. The van der Waals surface area contributed by atoms with Crippen LogP contribution in [0.15, 0.2) is 6.07 Å². The highest BCUT2D eigenvalue weighted by atomic mass is 35.5. The molecule has 0 spiro atoms. The molecule has 2 saturated carbocycles. The lowest BCUT2D eigenvalue weighted by atomic mass is 9.50. The maximum absolute atomic E-state index is 16.3. The lowest BCUT2D eigenvalue weighted by Gasteiger charge is -2.56. The van der Waals surface area contributed by atoms with Crippen molar-refractivity contribution in [3.8, 4) is 5.75 Å². The van der Waals surface area contributed by atoms with Gasteiger partial charge in [0.05, 0.1) is 15.6 Å². The Morgan fingerprint density at radius 2 is 1.64 bits per heavy atom. The molecule has 0 amide bonds. The van der Waals surface area contributed by atoms with Gasteiger partial charge in [-0.15, -0.1) is 0 Å². The van der Waals surface area contributed by atoms with Crippen LogP contribution in [0, 0.1) is 23.2 Å². The summed E-state index contributed by atoms with van der Waals surface area (Å²) in [5, 5.41) is 22.3. The number of aromatic hydroxyl groups is 1. The highest BCUT2D eigenvalue weighted by Gasteiger charge is 2.64. The number of likely N-dealkylation sites (tertiary alicyclic amines) is 1. The Kier molecular flexibility index (Phi) is 11.4. The molecule has 0 radical (unpaired) electrons. The number of nitrogens with zero attached hydrogens (tertiary/aromatic N) is 1. The summed E-state index contributed by atoms with van der Waals surface area (Å²) in [5.41, 5.74) is 0.201. The first-order chi connectivity index (χ1) is 22.0. The van der Waals surface area contributed by atoms with Gasteiger partial charge in [0, 0.05) is 23.8 Å². The van der Waals surface area contributed by atoms with Gasteiger partial charge in [-0.2, -0.15) is 22.0 Å². The predicted molar refractivity (Wildman–Crippen MR) is 174 cm³/mol. The Bertz CT molecular complexity index is 1240. The van der Waals surface area contributed by atoms with E-state index in [0.29, 0.717) is 38.1 Å². The van der Waals surface area contributed by atoms with Crippen molar-refractivity contribution in [3.05, 3.63) is 27.2 Å². The molecule has 4 aliphatic rings. The molecule has 1 aromatic carbocycles. The van der Waals surface area contributed by atoms with E-state index in [0.717, 1.165) is 82.0 Å². The summed E-state index contributed by atoms with van der Waals surface area (Å²) in [5.74, 6) is -4.69. The molecule has 3 aliphatic carbocycles. The number of hydrogen-bond acceptors (Lipinski definition) is 3. The molecule has 5 rings (SSSR count). The molecule has 0 bridgehead atoms. The number of phenolic OH excluding ortho intramolecular Hbond substituents is 1. The Labute approximate surface area is 285 Å². The van der Waals surface area contributed by atoms with Gasteiger partial charge in [-0.25, -0.2) is 4.39 Å². The normalized spacial score (nSPS) is 34.4. The third-order valence-electron chi connectivity index (χ3n) is 12.8. The van der Waals surface area contributed by atoms with Gasteiger partial charge in [-0.1, -0.05) is 62.2 Å². The van der Waals surface area contributed by atoms with Crippen molar-refractivity contribution in [2.45, 2.75) is 152 Å². The molecule has 1 heterocycles. The van der Waals surface area contributed by atoms with Crippen molar-refractivity contribution in [1.29, 1.82) is 0 Å². The van der Waals surface area contributed by atoms with Gasteiger partial charge in [-0.3, -0.25) is 0 Å². The predicted octanol–water partition coefficient (Wildman–Crippen LogP) is 11.0. The molecule has 3 nitrogen and oxygen atoms in total. The molecule has 11 heteroatoms. The number of aliphatic hydroxyl groups is 1. The summed E-state index contributed by atoms with van der Waals surface area (Å²) in [7, 11) is 0. The maximum atomic E-state index is 16.3. The van der Waals surface area contributed by atoms with E-state index in [1.54, 1.807) is 6.07 Å². The average Bonchev–Trinajstić information content (AvgIpc) is 3.53. The second-order valence-corrected chi connectivity index (χ2v) is 16.3. The van der Waals surface area contributed by atoms with Crippen LogP contribution in [-0.2, 0) is 6.42 Å². The quantitative estimate of drug-likeness (QED) is 0.158.